The zero-order valence-corrected chi connectivity index (χ0v) is 7.72. The minimum atomic E-state index is 0.926. The summed E-state index contributed by atoms with van der Waals surface area (Å²) >= 11 is 0. The quantitative estimate of drug-likeness (QED) is 0.601. The van der Waals surface area contributed by atoms with Gasteiger partial charge in [-0.25, -0.2) is 0 Å². The number of methoxy groups -OCH3 is 1. The smallest absolute Gasteiger partial charge is 0.119 e. The van der Waals surface area contributed by atoms with Gasteiger partial charge >= 0.3 is 0 Å². The first-order valence-electron chi connectivity index (χ1n) is 3.93. The maximum atomic E-state index is 5.00. The van der Waals surface area contributed by atoms with Crippen LogP contribution in [0.25, 0.3) is 0 Å². The molecule has 11 heavy (non-hydrogen) atoms. The van der Waals surface area contributed by atoms with Crippen molar-refractivity contribution in [3.05, 3.63) is 29.8 Å². The molecule has 1 nitrogen and oxygen atoms in total. The third-order valence-corrected chi connectivity index (χ3v) is 1.23. The van der Waals surface area contributed by atoms with Gasteiger partial charge in [-0.2, -0.15) is 0 Å². The van der Waals surface area contributed by atoms with Gasteiger partial charge in [-0.3, -0.25) is 0 Å². The largest absolute Gasteiger partial charge is 0.497 e. The molecule has 0 amide bonds. The minimum Gasteiger partial charge on any atom is -0.497 e. The van der Waals surface area contributed by atoms with E-state index in [2.05, 4.69) is 0 Å². The molecule has 0 saturated carbocycles. The Hall–Kier alpha value is -0.980. The van der Waals surface area contributed by atoms with E-state index in [0.717, 1.165) is 5.75 Å². The summed E-state index contributed by atoms with van der Waals surface area (Å²) in [6.45, 7) is 6.04. The summed E-state index contributed by atoms with van der Waals surface area (Å²) in [4.78, 5) is 0. The Balaban J connectivity index is 0.000000461. The Morgan fingerprint density at radius 2 is 1.82 bits per heavy atom. The summed E-state index contributed by atoms with van der Waals surface area (Å²) in [5.74, 6) is 0.926. The van der Waals surface area contributed by atoms with Gasteiger partial charge in [-0.15, -0.1) is 0 Å². The van der Waals surface area contributed by atoms with E-state index in [1.165, 1.54) is 5.56 Å². The van der Waals surface area contributed by atoms with Crippen molar-refractivity contribution in [1.29, 1.82) is 0 Å². The first-order valence-corrected chi connectivity index (χ1v) is 3.93. The summed E-state index contributed by atoms with van der Waals surface area (Å²) in [5, 5.41) is 0. The Bertz CT molecular complexity index is 194. The second kappa shape index (κ2) is 5.78. The van der Waals surface area contributed by atoms with E-state index in [1.807, 2.05) is 45.0 Å². The van der Waals surface area contributed by atoms with E-state index in [9.17, 15) is 0 Å². The van der Waals surface area contributed by atoms with Gasteiger partial charge in [0.15, 0.2) is 0 Å². The van der Waals surface area contributed by atoms with Gasteiger partial charge in [-0.05, 0) is 24.6 Å². The average Bonchev–Trinajstić information content (AvgIpc) is 2.08. The lowest BCUT2D eigenvalue weighted by molar-refractivity contribution is 0.414. The van der Waals surface area contributed by atoms with Crippen molar-refractivity contribution in [2.24, 2.45) is 0 Å². The molecule has 1 aromatic rings. The summed E-state index contributed by atoms with van der Waals surface area (Å²) < 4.78 is 5.00. The van der Waals surface area contributed by atoms with Crippen LogP contribution < -0.4 is 4.74 Å². The molecule has 0 fully saturated rings. The number of aryl methyl sites for hydroxylation is 1. The first kappa shape index (κ1) is 10.0. The average molecular weight is 152 g/mol. The summed E-state index contributed by atoms with van der Waals surface area (Å²) in [6, 6.07) is 7.96. The molecule has 0 bridgehead atoms. The lowest BCUT2D eigenvalue weighted by atomic mass is 10.2. The summed E-state index contributed by atoms with van der Waals surface area (Å²) in [7, 11) is 1.68. The van der Waals surface area contributed by atoms with Crippen LogP contribution >= 0.6 is 0 Å². The van der Waals surface area contributed by atoms with Crippen LogP contribution in [0, 0.1) is 6.92 Å². The van der Waals surface area contributed by atoms with Gasteiger partial charge in [0, 0.05) is 0 Å². The molecule has 0 aliphatic rings. The van der Waals surface area contributed by atoms with Crippen LogP contribution in [0.5, 0.6) is 5.75 Å². The van der Waals surface area contributed by atoms with E-state index in [4.69, 9.17) is 4.74 Å². The molecular formula is C10H16O. The second-order valence-electron chi connectivity index (χ2n) is 2.02. The number of rotatable bonds is 1. The third kappa shape index (κ3) is 3.66. The van der Waals surface area contributed by atoms with Gasteiger partial charge in [0.2, 0.25) is 0 Å². The maximum absolute atomic E-state index is 5.00. The van der Waals surface area contributed by atoms with Crippen molar-refractivity contribution in [3.8, 4) is 5.75 Å². The number of hydrogen-bond acceptors (Lipinski definition) is 1. The summed E-state index contributed by atoms with van der Waals surface area (Å²) in [5.41, 5.74) is 1.23. The molecule has 0 aliphatic heterocycles. The molecule has 0 aliphatic carbocycles. The zero-order valence-electron chi connectivity index (χ0n) is 7.72. The van der Waals surface area contributed by atoms with Crippen LogP contribution in [-0.4, -0.2) is 7.11 Å². The monoisotopic (exact) mass is 152 g/mol. The highest BCUT2D eigenvalue weighted by molar-refractivity contribution is 5.27. The van der Waals surface area contributed by atoms with Gasteiger partial charge < -0.3 is 4.74 Å². The highest BCUT2D eigenvalue weighted by atomic mass is 16.5. The van der Waals surface area contributed by atoms with E-state index in [1.54, 1.807) is 7.11 Å². The molecule has 1 heteroatoms. The molecule has 0 spiro atoms. The maximum Gasteiger partial charge on any atom is 0.119 e. The standard InChI is InChI=1S/C8H10O.C2H6/c1-7-4-3-5-8(6-7)9-2;1-2/h3-6H,1-2H3;1-2H3. The van der Waals surface area contributed by atoms with Gasteiger partial charge in [-0.1, -0.05) is 26.0 Å². The molecular weight excluding hydrogens is 136 g/mol. The van der Waals surface area contributed by atoms with Crippen molar-refractivity contribution in [3.63, 3.8) is 0 Å². The molecule has 1 aromatic carbocycles. The molecule has 0 atom stereocenters. The SMILES string of the molecule is CC.COc1cccc(C)c1. The Morgan fingerprint density at radius 1 is 1.18 bits per heavy atom. The first-order chi connectivity index (χ1) is 5.33. The van der Waals surface area contributed by atoms with Crippen LogP contribution in [0.15, 0.2) is 24.3 Å². The highest BCUT2D eigenvalue weighted by Crippen LogP contribution is 2.10. The normalized spacial score (nSPS) is 8.00. The lowest BCUT2D eigenvalue weighted by Crippen LogP contribution is -1.81. The second-order valence-corrected chi connectivity index (χ2v) is 2.02. The van der Waals surface area contributed by atoms with Crippen molar-refractivity contribution in [2.75, 3.05) is 7.11 Å². The molecule has 0 unspecified atom stereocenters. The van der Waals surface area contributed by atoms with Crippen LogP contribution in [0.4, 0.5) is 0 Å². The van der Waals surface area contributed by atoms with Crippen LogP contribution in [0.2, 0.25) is 0 Å². The minimum absolute atomic E-state index is 0.926. The number of ether oxygens (including phenoxy) is 1. The van der Waals surface area contributed by atoms with E-state index in [0.29, 0.717) is 0 Å². The fourth-order valence-corrected chi connectivity index (χ4v) is 0.742. The molecule has 0 aromatic heterocycles. The Morgan fingerprint density at radius 3 is 2.18 bits per heavy atom. The Kier molecular flexibility index (Phi) is 5.26. The number of hydrogen-bond donors (Lipinski definition) is 0. The lowest BCUT2D eigenvalue weighted by Gasteiger charge is -1.97. The molecule has 0 saturated heterocycles. The van der Waals surface area contributed by atoms with E-state index in [-0.39, 0.29) is 0 Å². The topological polar surface area (TPSA) is 9.23 Å². The predicted molar refractivity (Wildman–Crippen MR) is 49.1 cm³/mol. The molecule has 1 rings (SSSR count). The summed E-state index contributed by atoms with van der Waals surface area (Å²) in [6.07, 6.45) is 0. The van der Waals surface area contributed by atoms with Crippen LogP contribution in [0.1, 0.15) is 19.4 Å². The van der Waals surface area contributed by atoms with E-state index < -0.39 is 0 Å². The van der Waals surface area contributed by atoms with E-state index >= 15 is 0 Å². The Labute approximate surface area is 69.0 Å². The van der Waals surface area contributed by atoms with Crippen molar-refractivity contribution in [2.45, 2.75) is 20.8 Å². The molecule has 0 N–H and O–H groups in total. The predicted octanol–water partition coefficient (Wildman–Crippen LogP) is 3.03. The third-order valence-electron chi connectivity index (χ3n) is 1.23. The zero-order chi connectivity index (χ0) is 8.69. The van der Waals surface area contributed by atoms with Gasteiger partial charge in [0.25, 0.3) is 0 Å². The van der Waals surface area contributed by atoms with Crippen LogP contribution in [-0.2, 0) is 0 Å². The molecule has 0 heterocycles. The van der Waals surface area contributed by atoms with Crippen molar-refractivity contribution >= 4 is 0 Å². The molecule has 62 valence electrons. The van der Waals surface area contributed by atoms with Crippen molar-refractivity contribution in [1.82, 2.24) is 0 Å². The van der Waals surface area contributed by atoms with Crippen molar-refractivity contribution < 1.29 is 4.74 Å². The fourth-order valence-electron chi connectivity index (χ4n) is 0.742. The number of benzene rings is 1. The van der Waals surface area contributed by atoms with Crippen LogP contribution in [0.3, 0.4) is 0 Å². The van der Waals surface area contributed by atoms with Gasteiger partial charge in [0.05, 0.1) is 7.11 Å². The fraction of sp³-hybridized carbons (Fsp3) is 0.400. The van der Waals surface area contributed by atoms with Gasteiger partial charge in [0.1, 0.15) is 5.75 Å². The highest BCUT2D eigenvalue weighted by Gasteiger charge is 1.86. The molecule has 0 radical (unpaired) electrons.